The lowest BCUT2D eigenvalue weighted by molar-refractivity contribution is 0.330. The largest absolute Gasteiger partial charge is 0.316 e. The summed E-state index contributed by atoms with van der Waals surface area (Å²) in [4.78, 5) is 0. The third-order valence-corrected chi connectivity index (χ3v) is 5.39. The van der Waals surface area contributed by atoms with Crippen molar-refractivity contribution in [2.45, 2.75) is 51.0 Å². The zero-order valence-electron chi connectivity index (χ0n) is 14.1. The van der Waals surface area contributed by atoms with E-state index in [2.05, 4.69) is 28.2 Å². The minimum Gasteiger partial charge on any atom is -0.316 e. The summed E-state index contributed by atoms with van der Waals surface area (Å²) < 4.78 is 2.33. The van der Waals surface area contributed by atoms with Crippen molar-refractivity contribution in [1.82, 2.24) is 15.1 Å². The molecule has 2 aromatic rings. The van der Waals surface area contributed by atoms with Crippen LogP contribution < -0.4 is 5.32 Å². The zero-order valence-corrected chi connectivity index (χ0v) is 14.1. The standard InChI is InChI=1S/C20H24N4/c21-14-15-6-8-16(9-7-15)20-18-10-12-22-13-11-19(18)23-24(20)17-4-2-1-3-5-17/h6-9,17,22H,1-5,10-13H2. The smallest absolute Gasteiger partial charge is 0.0991 e. The molecule has 0 spiro atoms. The van der Waals surface area contributed by atoms with Gasteiger partial charge in [-0.25, -0.2) is 0 Å². The Morgan fingerprint density at radius 1 is 1.04 bits per heavy atom. The van der Waals surface area contributed by atoms with Crippen molar-refractivity contribution in [3.8, 4) is 17.3 Å². The van der Waals surface area contributed by atoms with Crippen LogP contribution in [0, 0.1) is 11.3 Å². The van der Waals surface area contributed by atoms with Crippen LogP contribution in [0.1, 0.15) is 55.0 Å². The number of benzene rings is 1. The van der Waals surface area contributed by atoms with E-state index in [0.717, 1.165) is 31.5 Å². The van der Waals surface area contributed by atoms with E-state index in [1.54, 1.807) is 0 Å². The summed E-state index contributed by atoms with van der Waals surface area (Å²) in [7, 11) is 0. The molecule has 0 amide bonds. The molecule has 4 rings (SSSR count). The van der Waals surface area contributed by atoms with E-state index < -0.39 is 0 Å². The van der Waals surface area contributed by atoms with Gasteiger partial charge >= 0.3 is 0 Å². The molecule has 1 N–H and O–H groups in total. The number of nitrogens with one attached hydrogen (secondary N) is 1. The Kier molecular flexibility index (Phi) is 4.36. The molecule has 1 aliphatic carbocycles. The van der Waals surface area contributed by atoms with Crippen molar-refractivity contribution in [1.29, 1.82) is 5.26 Å². The lowest BCUT2D eigenvalue weighted by atomic mass is 9.94. The van der Waals surface area contributed by atoms with Crippen LogP contribution in [0.5, 0.6) is 0 Å². The predicted molar refractivity (Wildman–Crippen MR) is 94.8 cm³/mol. The predicted octanol–water partition coefficient (Wildman–Crippen LogP) is 3.62. The van der Waals surface area contributed by atoms with E-state index in [1.807, 2.05) is 12.1 Å². The molecule has 1 fully saturated rings. The summed E-state index contributed by atoms with van der Waals surface area (Å²) in [6, 6.07) is 10.8. The fraction of sp³-hybridized carbons (Fsp3) is 0.500. The van der Waals surface area contributed by atoms with Crippen LogP contribution in [-0.2, 0) is 12.8 Å². The van der Waals surface area contributed by atoms with Gasteiger partial charge in [-0.3, -0.25) is 4.68 Å². The Labute approximate surface area is 143 Å². The van der Waals surface area contributed by atoms with Gasteiger partial charge in [0.1, 0.15) is 0 Å². The average Bonchev–Trinajstić information content (AvgIpc) is 2.85. The third-order valence-electron chi connectivity index (χ3n) is 5.39. The van der Waals surface area contributed by atoms with E-state index in [4.69, 9.17) is 10.4 Å². The van der Waals surface area contributed by atoms with Crippen molar-refractivity contribution in [2.24, 2.45) is 0 Å². The van der Waals surface area contributed by atoms with Crippen molar-refractivity contribution < 1.29 is 0 Å². The summed E-state index contributed by atoms with van der Waals surface area (Å²) in [5.74, 6) is 0. The van der Waals surface area contributed by atoms with Crippen molar-refractivity contribution in [3.63, 3.8) is 0 Å². The number of hydrogen-bond acceptors (Lipinski definition) is 3. The maximum Gasteiger partial charge on any atom is 0.0991 e. The molecule has 4 heteroatoms. The van der Waals surface area contributed by atoms with Gasteiger partial charge in [-0.1, -0.05) is 31.4 Å². The number of aromatic nitrogens is 2. The molecule has 0 atom stereocenters. The van der Waals surface area contributed by atoms with Crippen LogP contribution in [0.2, 0.25) is 0 Å². The molecule has 24 heavy (non-hydrogen) atoms. The average molecular weight is 320 g/mol. The van der Waals surface area contributed by atoms with Crippen LogP contribution in [0.15, 0.2) is 24.3 Å². The van der Waals surface area contributed by atoms with Crippen molar-refractivity contribution in [2.75, 3.05) is 13.1 Å². The first-order valence-corrected chi connectivity index (χ1v) is 9.18. The summed E-state index contributed by atoms with van der Waals surface area (Å²) in [6.07, 6.45) is 8.50. The first-order chi connectivity index (χ1) is 11.9. The van der Waals surface area contributed by atoms with Crippen LogP contribution in [0.25, 0.3) is 11.3 Å². The molecule has 1 saturated carbocycles. The second-order valence-corrected chi connectivity index (χ2v) is 6.95. The molecule has 1 aromatic heterocycles. The molecule has 0 saturated heterocycles. The van der Waals surface area contributed by atoms with E-state index in [0.29, 0.717) is 6.04 Å². The summed E-state index contributed by atoms with van der Waals surface area (Å²) in [5, 5.41) is 17.6. The monoisotopic (exact) mass is 320 g/mol. The minimum absolute atomic E-state index is 0.532. The van der Waals surface area contributed by atoms with Gasteiger partial charge in [-0.2, -0.15) is 10.4 Å². The van der Waals surface area contributed by atoms with E-state index in [1.165, 1.54) is 54.6 Å². The zero-order chi connectivity index (χ0) is 16.4. The highest BCUT2D eigenvalue weighted by atomic mass is 15.3. The van der Waals surface area contributed by atoms with Gasteiger partial charge < -0.3 is 5.32 Å². The van der Waals surface area contributed by atoms with Gasteiger partial charge in [0.05, 0.1) is 29.1 Å². The fourth-order valence-corrected chi connectivity index (χ4v) is 4.12. The Morgan fingerprint density at radius 3 is 2.54 bits per heavy atom. The van der Waals surface area contributed by atoms with E-state index >= 15 is 0 Å². The van der Waals surface area contributed by atoms with E-state index in [-0.39, 0.29) is 0 Å². The highest BCUT2D eigenvalue weighted by Gasteiger charge is 2.25. The molecular formula is C20H24N4. The summed E-state index contributed by atoms with van der Waals surface area (Å²) in [5.41, 5.74) is 5.90. The molecule has 0 unspecified atom stereocenters. The molecule has 4 nitrogen and oxygen atoms in total. The second kappa shape index (κ2) is 6.78. The molecule has 0 radical (unpaired) electrons. The summed E-state index contributed by atoms with van der Waals surface area (Å²) >= 11 is 0. The third kappa shape index (κ3) is 2.85. The Morgan fingerprint density at radius 2 is 1.79 bits per heavy atom. The van der Waals surface area contributed by atoms with Crippen molar-refractivity contribution in [3.05, 3.63) is 41.1 Å². The molecule has 1 aromatic carbocycles. The first-order valence-electron chi connectivity index (χ1n) is 9.18. The van der Waals surface area contributed by atoms with Gasteiger partial charge in [0, 0.05) is 24.1 Å². The lowest BCUT2D eigenvalue weighted by Crippen LogP contribution is -2.19. The SMILES string of the molecule is N#Cc1ccc(-c2c3c(nn2C2CCCCC2)CCNCC3)cc1. The van der Waals surface area contributed by atoms with E-state index in [9.17, 15) is 0 Å². The number of rotatable bonds is 2. The number of nitriles is 1. The molecule has 2 aliphatic rings. The van der Waals surface area contributed by atoms with Crippen LogP contribution in [0.3, 0.4) is 0 Å². The van der Waals surface area contributed by atoms with Gasteiger partial charge in [0.25, 0.3) is 0 Å². The minimum atomic E-state index is 0.532. The number of fused-ring (bicyclic) bond motifs is 1. The van der Waals surface area contributed by atoms with Crippen LogP contribution in [0.4, 0.5) is 0 Å². The first kappa shape index (κ1) is 15.4. The molecular weight excluding hydrogens is 296 g/mol. The molecule has 0 bridgehead atoms. The highest BCUT2D eigenvalue weighted by molar-refractivity contribution is 5.66. The second-order valence-electron chi connectivity index (χ2n) is 6.95. The quantitative estimate of drug-likeness (QED) is 0.919. The fourth-order valence-electron chi connectivity index (χ4n) is 4.12. The maximum absolute atomic E-state index is 9.07. The molecule has 124 valence electrons. The molecule has 1 aliphatic heterocycles. The van der Waals surface area contributed by atoms with Gasteiger partial charge in [0.2, 0.25) is 0 Å². The number of nitrogens with zero attached hydrogens (tertiary/aromatic N) is 3. The van der Waals surface area contributed by atoms with Crippen LogP contribution >= 0.6 is 0 Å². The van der Waals surface area contributed by atoms with Gasteiger partial charge in [0.15, 0.2) is 0 Å². The Balaban J connectivity index is 1.81. The van der Waals surface area contributed by atoms with Gasteiger partial charge in [-0.15, -0.1) is 0 Å². The Hall–Kier alpha value is -2.12. The normalized spacial score (nSPS) is 18.6. The Bertz CT molecular complexity index is 745. The van der Waals surface area contributed by atoms with Gasteiger partial charge in [-0.05, 0) is 37.9 Å². The number of hydrogen-bond donors (Lipinski definition) is 1. The summed E-state index contributed by atoms with van der Waals surface area (Å²) in [6.45, 7) is 2.04. The van der Waals surface area contributed by atoms with Crippen LogP contribution in [-0.4, -0.2) is 22.9 Å². The van der Waals surface area contributed by atoms with Crippen molar-refractivity contribution >= 4 is 0 Å². The highest BCUT2D eigenvalue weighted by Crippen LogP contribution is 2.36. The lowest BCUT2D eigenvalue weighted by Gasteiger charge is -2.24. The topological polar surface area (TPSA) is 53.6 Å². The molecule has 2 heterocycles. The maximum atomic E-state index is 9.07.